The smallest absolute Gasteiger partial charge is 0.242 e. The van der Waals surface area contributed by atoms with Gasteiger partial charge in [0.2, 0.25) is 11.8 Å². The molecule has 0 bridgehead atoms. The third-order valence-electron chi connectivity index (χ3n) is 2.48. The maximum absolute atomic E-state index is 11.7. The molecule has 0 fully saturated rings. The predicted molar refractivity (Wildman–Crippen MR) is 64.0 cm³/mol. The molecule has 0 aliphatic carbocycles. The first kappa shape index (κ1) is 14.9. The van der Waals surface area contributed by atoms with Gasteiger partial charge >= 0.3 is 0 Å². The van der Waals surface area contributed by atoms with E-state index < -0.39 is 11.6 Å². The number of nitrogens with one attached hydrogen (secondary N) is 3. The largest absolute Gasteiger partial charge is 0.354 e. The molecule has 0 aliphatic rings. The van der Waals surface area contributed by atoms with Crippen LogP contribution in [0.25, 0.3) is 0 Å². The van der Waals surface area contributed by atoms with E-state index in [9.17, 15) is 9.59 Å². The van der Waals surface area contributed by atoms with Crippen molar-refractivity contribution in [1.82, 2.24) is 16.0 Å². The molecule has 0 aliphatic heterocycles. The van der Waals surface area contributed by atoms with Crippen molar-refractivity contribution in [2.24, 2.45) is 0 Å². The standard InChI is InChI=1S/C11H23N3O2/c1-6-7-13-9(15)8(2)14-10(16)11(3,4)12-5/h8,12H,6-7H2,1-5H3,(H,13,15)(H,14,16). The van der Waals surface area contributed by atoms with Gasteiger partial charge in [-0.2, -0.15) is 0 Å². The van der Waals surface area contributed by atoms with E-state index in [1.54, 1.807) is 27.8 Å². The van der Waals surface area contributed by atoms with Crippen LogP contribution in [0, 0.1) is 0 Å². The Morgan fingerprint density at radius 2 is 1.88 bits per heavy atom. The van der Waals surface area contributed by atoms with Crippen LogP contribution in [0.15, 0.2) is 0 Å². The minimum atomic E-state index is -0.667. The monoisotopic (exact) mass is 229 g/mol. The van der Waals surface area contributed by atoms with Crippen LogP contribution in [-0.2, 0) is 9.59 Å². The van der Waals surface area contributed by atoms with E-state index in [4.69, 9.17) is 0 Å². The summed E-state index contributed by atoms with van der Waals surface area (Å²) in [6.45, 7) is 7.81. The average Bonchev–Trinajstić information content (AvgIpc) is 2.25. The Hall–Kier alpha value is -1.10. The Bertz CT molecular complexity index is 252. The summed E-state index contributed by atoms with van der Waals surface area (Å²) in [5.41, 5.74) is -0.667. The lowest BCUT2D eigenvalue weighted by Gasteiger charge is -2.25. The molecule has 1 unspecified atom stereocenters. The Morgan fingerprint density at radius 3 is 2.31 bits per heavy atom. The molecule has 0 aromatic rings. The van der Waals surface area contributed by atoms with E-state index in [0.717, 1.165) is 6.42 Å². The summed E-state index contributed by atoms with van der Waals surface area (Å²) in [6.07, 6.45) is 0.883. The summed E-state index contributed by atoms with van der Waals surface area (Å²) in [6, 6.07) is -0.508. The molecular weight excluding hydrogens is 206 g/mol. The van der Waals surface area contributed by atoms with Crippen molar-refractivity contribution in [3.63, 3.8) is 0 Å². The molecule has 2 amide bonds. The first-order chi connectivity index (χ1) is 7.35. The minimum absolute atomic E-state index is 0.151. The molecule has 0 rings (SSSR count). The molecule has 3 N–H and O–H groups in total. The summed E-state index contributed by atoms with van der Waals surface area (Å²) in [5, 5.41) is 8.28. The molecule has 0 heterocycles. The van der Waals surface area contributed by atoms with Gasteiger partial charge in [0, 0.05) is 6.54 Å². The normalized spacial score (nSPS) is 13.1. The second-order valence-electron chi connectivity index (χ2n) is 4.36. The van der Waals surface area contributed by atoms with Crippen LogP contribution >= 0.6 is 0 Å². The summed E-state index contributed by atoms with van der Waals surface area (Å²) in [7, 11) is 1.71. The van der Waals surface area contributed by atoms with E-state index in [-0.39, 0.29) is 11.8 Å². The van der Waals surface area contributed by atoms with Gasteiger partial charge in [-0.05, 0) is 34.2 Å². The fraction of sp³-hybridized carbons (Fsp3) is 0.818. The van der Waals surface area contributed by atoms with Gasteiger partial charge in [0.25, 0.3) is 0 Å². The highest BCUT2D eigenvalue weighted by Gasteiger charge is 2.27. The maximum Gasteiger partial charge on any atom is 0.242 e. The van der Waals surface area contributed by atoms with Gasteiger partial charge in [-0.3, -0.25) is 9.59 Å². The fourth-order valence-corrected chi connectivity index (χ4v) is 0.957. The number of hydrogen-bond acceptors (Lipinski definition) is 3. The Labute approximate surface area is 97.4 Å². The van der Waals surface area contributed by atoms with E-state index >= 15 is 0 Å². The van der Waals surface area contributed by atoms with Gasteiger partial charge in [0.15, 0.2) is 0 Å². The number of likely N-dealkylation sites (N-methyl/N-ethyl adjacent to an activating group) is 1. The van der Waals surface area contributed by atoms with Gasteiger partial charge in [-0.15, -0.1) is 0 Å². The topological polar surface area (TPSA) is 70.2 Å². The molecule has 0 saturated carbocycles. The van der Waals surface area contributed by atoms with Crippen molar-refractivity contribution < 1.29 is 9.59 Å². The molecule has 0 radical (unpaired) electrons. The zero-order chi connectivity index (χ0) is 12.8. The van der Waals surface area contributed by atoms with Crippen LogP contribution in [0.5, 0.6) is 0 Å². The van der Waals surface area contributed by atoms with Gasteiger partial charge in [0.05, 0.1) is 5.54 Å². The first-order valence-electron chi connectivity index (χ1n) is 5.62. The lowest BCUT2D eigenvalue weighted by Crippen LogP contribution is -2.56. The molecule has 0 spiro atoms. The maximum atomic E-state index is 11.7. The van der Waals surface area contributed by atoms with Gasteiger partial charge in [-0.1, -0.05) is 6.92 Å². The van der Waals surface area contributed by atoms with Crippen LogP contribution in [0.3, 0.4) is 0 Å². The van der Waals surface area contributed by atoms with E-state index in [2.05, 4.69) is 16.0 Å². The lowest BCUT2D eigenvalue weighted by molar-refractivity contribution is -0.131. The van der Waals surface area contributed by atoms with Crippen molar-refractivity contribution >= 4 is 11.8 Å². The second kappa shape index (κ2) is 6.48. The minimum Gasteiger partial charge on any atom is -0.354 e. The first-order valence-corrected chi connectivity index (χ1v) is 5.62. The molecule has 0 saturated heterocycles. The van der Waals surface area contributed by atoms with Crippen LogP contribution in [-0.4, -0.2) is 37.0 Å². The number of carbonyl (C=O) groups excluding carboxylic acids is 2. The summed E-state index contributed by atoms with van der Waals surface area (Å²) < 4.78 is 0. The Morgan fingerprint density at radius 1 is 1.31 bits per heavy atom. The van der Waals surface area contributed by atoms with Crippen molar-refractivity contribution in [2.75, 3.05) is 13.6 Å². The Balaban J connectivity index is 4.19. The number of carbonyl (C=O) groups is 2. The van der Waals surface area contributed by atoms with Crippen molar-refractivity contribution in [1.29, 1.82) is 0 Å². The summed E-state index contributed by atoms with van der Waals surface area (Å²) in [5.74, 6) is -0.337. The molecule has 0 aromatic carbocycles. The fourth-order valence-electron chi connectivity index (χ4n) is 0.957. The highest BCUT2D eigenvalue weighted by atomic mass is 16.2. The average molecular weight is 229 g/mol. The van der Waals surface area contributed by atoms with Crippen molar-refractivity contribution in [3.8, 4) is 0 Å². The molecule has 5 nitrogen and oxygen atoms in total. The van der Waals surface area contributed by atoms with Gasteiger partial charge in [-0.25, -0.2) is 0 Å². The number of rotatable bonds is 6. The number of amides is 2. The quantitative estimate of drug-likeness (QED) is 0.601. The van der Waals surface area contributed by atoms with E-state index in [1.165, 1.54) is 0 Å². The van der Waals surface area contributed by atoms with Crippen LogP contribution in [0.2, 0.25) is 0 Å². The molecule has 94 valence electrons. The van der Waals surface area contributed by atoms with Crippen LogP contribution < -0.4 is 16.0 Å². The van der Waals surface area contributed by atoms with E-state index in [1.807, 2.05) is 6.92 Å². The molecule has 5 heteroatoms. The van der Waals surface area contributed by atoms with Gasteiger partial charge < -0.3 is 16.0 Å². The molecule has 16 heavy (non-hydrogen) atoms. The van der Waals surface area contributed by atoms with E-state index in [0.29, 0.717) is 6.54 Å². The highest BCUT2D eigenvalue weighted by molar-refractivity contribution is 5.91. The van der Waals surface area contributed by atoms with Crippen LogP contribution in [0.4, 0.5) is 0 Å². The van der Waals surface area contributed by atoms with Crippen LogP contribution in [0.1, 0.15) is 34.1 Å². The molecule has 0 aromatic heterocycles. The van der Waals surface area contributed by atoms with Crippen molar-refractivity contribution in [3.05, 3.63) is 0 Å². The third-order valence-corrected chi connectivity index (χ3v) is 2.48. The third kappa shape index (κ3) is 4.61. The van der Waals surface area contributed by atoms with Crippen molar-refractivity contribution in [2.45, 2.75) is 45.7 Å². The molecular formula is C11H23N3O2. The summed E-state index contributed by atoms with van der Waals surface area (Å²) in [4.78, 5) is 23.2. The number of hydrogen-bond donors (Lipinski definition) is 3. The SMILES string of the molecule is CCCNC(=O)C(C)NC(=O)C(C)(C)NC. The predicted octanol–water partition coefficient (Wildman–Crippen LogP) is 0.0153. The summed E-state index contributed by atoms with van der Waals surface area (Å²) >= 11 is 0. The lowest BCUT2D eigenvalue weighted by atomic mass is 10.0. The molecule has 1 atom stereocenters. The zero-order valence-electron chi connectivity index (χ0n) is 10.8. The van der Waals surface area contributed by atoms with Gasteiger partial charge in [0.1, 0.15) is 6.04 Å². The Kier molecular flexibility index (Phi) is 6.03. The zero-order valence-corrected chi connectivity index (χ0v) is 10.8. The highest BCUT2D eigenvalue weighted by Crippen LogP contribution is 2.01. The second-order valence-corrected chi connectivity index (χ2v) is 4.36.